The van der Waals surface area contributed by atoms with Crippen molar-refractivity contribution in [2.45, 2.75) is 19.3 Å². The van der Waals surface area contributed by atoms with Crippen LogP contribution in [0, 0.1) is 0 Å². The zero-order valence-corrected chi connectivity index (χ0v) is 7.98. The van der Waals surface area contributed by atoms with Gasteiger partial charge in [-0.1, -0.05) is 24.3 Å². The van der Waals surface area contributed by atoms with Crippen LogP contribution in [0.5, 0.6) is 0 Å². The van der Waals surface area contributed by atoms with Gasteiger partial charge in [0.1, 0.15) is 0 Å². The minimum Gasteiger partial charge on any atom is -0.392 e. The summed E-state index contributed by atoms with van der Waals surface area (Å²) in [6.07, 6.45) is 0.643. The van der Waals surface area contributed by atoms with Crippen molar-refractivity contribution in [3.05, 3.63) is 35.4 Å². The third-order valence-corrected chi connectivity index (χ3v) is 2.31. The monoisotopic (exact) mass is 194 g/mol. The third kappa shape index (κ3) is 1.95. The molecule has 0 radical (unpaired) electrons. The maximum atomic E-state index is 9.14. The summed E-state index contributed by atoms with van der Waals surface area (Å²) in [4.78, 5) is 0. The standard InChI is InChI=1S/C11H14O3/c12-8-9-4-1-2-5-10(9)11-13-6-3-7-14-11/h1-2,4-5,11-12H,3,6-8H2. The van der Waals surface area contributed by atoms with Crippen LogP contribution < -0.4 is 0 Å². The van der Waals surface area contributed by atoms with E-state index in [-0.39, 0.29) is 12.9 Å². The Hall–Kier alpha value is -0.900. The van der Waals surface area contributed by atoms with Crippen molar-refractivity contribution >= 4 is 0 Å². The fraction of sp³-hybridized carbons (Fsp3) is 0.455. The molecule has 0 spiro atoms. The van der Waals surface area contributed by atoms with Crippen LogP contribution in [0.4, 0.5) is 0 Å². The quantitative estimate of drug-likeness (QED) is 0.777. The zero-order valence-electron chi connectivity index (χ0n) is 7.98. The smallest absolute Gasteiger partial charge is 0.184 e. The van der Waals surface area contributed by atoms with Crippen molar-refractivity contribution in [1.29, 1.82) is 0 Å². The second kappa shape index (κ2) is 4.55. The molecule has 1 aromatic rings. The Morgan fingerprint density at radius 3 is 2.64 bits per heavy atom. The highest BCUT2D eigenvalue weighted by molar-refractivity contribution is 5.27. The molecule has 1 aliphatic rings. The topological polar surface area (TPSA) is 38.7 Å². The van der Waals surface area contributed by atoms with Gasteiger partial charge >= 0.3 is 0 Å². The first-order valence-electron chi connectivity index (χ1n) is 4.83. The summed E-state index contributed by atoms with van der Waals surface area (Å²) in [5, 5.41) is 9.14. The van der Waals surface area contributed by atoms with Gasteiger partial charge in [0.05, 0.1) is 19.8 Å². The Kier molecular flexibility index (Phi) is 3.14. The molecule has 0 bridgehead atoms. The number of hydrogen-bond donors (Lipinski definition) is 1. The summed E-state index contributed by atoms with van der Waals surface area (Å²) in [6.45, 7) is 1.48. The molecule has 2 rings (SSSR count). The average Bonchev–Trinajstić information content (AvgIpc) is 2.30. The molecule has 3 nitrogen and oxygen atoms in total. The first-order chi connectivity index (χ1) is 6.92. The number of aliphatic hydroxyl groups excluding tert-OH is 1. The summed E-state index contributed by atoms with van der Waals surface area (Å²) < 4.78 is 10.9. The van der Waals surface area contributed by atoms with Gasteiger partial charge in [-0.05, 0) is 12.0 Å². The van der Waals surface area contributed by atoms with E-state index in [0.29, 0.717) is 0 Å². The van der Waals surface area contributed by atoms with Crippen molar-refractivity contribution in [1.82, 2.24) is 0 Å². The van der Waals surface area contributed by atoms with Gasteiger partial charge in [-0.25, -0.2) is 0 Å². The lowest BCUT2D eigenvalue weighted by Crippen LogP contribution is -2.18. The highest BCUT2D eigenvalue weighted by Gasteiger charge is 2.18. The van der Waals surface area contributed by atoms with E-state index in [1.54, 1.807) is 0 Å². The summed E-state index contributed by atoms with van der Waals surface area (Å²) in [5.74, 6) is 0. The largest absolute Gasteiger partial charge is 0.392 e. The molecular formula is C11H14O3. The van der Waals surface area contributed by atoms with E-state index >= 15 is 0 Å². The molecule has 1 aromatic carbocycles. The van der Waals surface area contributed by atoms with Gasteiger partial charge in [-0.2, -0.15) is 0 Å². The SMILES string of the molecule is OCc1ccccc1C1OCCCO1. The zero-order chi connectivity index (χ0) is 9.80. The van der Waals surface area contributed by atoms with Crippen LogP contribution in [0.1, 0.15) is 23.8 Å². The van der Waals surface area contributed by atoms with Crippen LogP contribution in [-0.2, 0) is 16.1 Å². The fourth-order valence-electron chi connectivity index (χ4n) is 1.58. The van der Waals surface area contributed by atoms with E-state index in [2.05, 4.69) is 0 Å². The van der Waals surface area contributed by atoms with Crippen molar-refractivity contribution in [3.63, 3.8) is 0 Å². The minimum atomic E-state index is -0.299. The molecule has 0 atom stereocenters. The van der Waals surface area contributed by atoms with Gasteiger partial charge in [0, 0.05) is 5.56 Å². The number of rotatable bonds is 2. The van der Waals surface area contributed by atoms with Crippen molar-refractivity contribution in [2.75, 3.05) is 13.2 Å². The molecule has 14 heavy (non-hydrogen) atoms. The predicted octanol–water partition coefficient (Wildman–Crippen LogP) is 1.61. The van der Waals surface area contributed by atoms with Gasteiger partial charge in [-0.15, -0.1) is 0 Å². The molecule has 1 aliphatic heterocycles. The molecule has 1 saturated heterocycles. The molecule has 1 N–H and O–H groups in total. The Bertz CT molecular complexity index is 292. The molecule has 0 aromatic heterocycles. The molecule has 3 heteroatoms. The minimum absolute atomic E-state index is 0.0272. The van der Waals surface area contributed by atoms with Gasteiger partial charge < -0.3 is 14.6 Å². The molecule has 76 valence electrons. The van der Waals surface area contributed by atoms with Gasteiger partial charge in [0.25, 0.3) is 0 Å². The molecular weight excluding hydrogens is 180 g/mol. The molecule has 0 unspecified atom stereocenters. The molecule has 0 aliphatic carbocycles. The van der Waals surface area contributed by atoms with Gasteiger partial charge in [-0.3, -0.25) is 0 Å². The van der Waals surface area contributed by atoms with Crippen molar-refractivity contribution in [2.24, 2.45) is 0 Å². The lowest BCUT2D eigenvalue weighted by atomic mass is 10.1. The van der Waals surface area contributed by atoms with E-state index in [4.69, 9.17) is 14.6 Å². The van der Waals surface area contributed by atoms with Crippen LogP contribution in [0.3, 0.4) is 0 Å². The molecule has 0 amide bonds. The van der Waals surface area contributed by atoms with Gasteiger partial charge in [0.2, 0.25) is 0 Å². The lowest BCUT2D eigenvalue weighted by molar-refractivity contribution is -0.183. The van der Waals surface area contributed by atoms with Crippen LogP contribution in [0.2, 0.25) is 0 Å². The average molecular weight is 194 g/mol. The summed E-state index contributed by atoms with van der Waals surface area (Å²) >= 11 is 0. The Morgan fingerprint density at radius 2 is 1.93 bits per heavy atom. The van der Waals surface area contributed by atoms with E-state index < -0.39 is 0 Å². The number of hydrogen-bond acceptors (Lipinski definition) is 3. The molecule has 0 saturated carbocycles. The second-order valence-corrected chi connectivity index (χ2v) is 3.28. The number of benzene rings is 1. The van der Waals surface area contributed by atoms with E-state index in [1.165, 1.54) is 0 Å². The number of aliphatic hydroxyl groups is 1. The summed E-state index contributed by atoms with van der Waals surface area (Å²) in [5.41, 5.74) is 1.81. The highest BCUT2D eigenvalue weighted by Crippen LogP contribution is 2.25. The Balaban J connectivity index is 2.20. The summed E-state index contributed by atoms with van der Waals surface area (Å²) in [7, 11) is 0. The van der Waals surface area contributed by atoms with Crippen molar-refractivity contribution < 1.29 is 14.6 Å². The van der Waals surface area contributed by atoms with Crippen LogP contribution in [-0.4, -0.2) is 18.3 Å². The summed E-state index contributed by atoms with van der Waals surface area (Å²) in [6, 6.07) is 7.64. The van der Waals surface area contributed by atoms with E-state index in [0.717, 1.165) is 30.8 Å². The second-order valence-electron chi connectivity index (χ2n) is 3.28. The number of ether oxygens (including phenoxy) is 2. The van der Waals surface area contributed by atoms with Gasteiger partial charge in [0.15, 0.2) is 6.29 Å². The first kappa shape index (κ1) is 9.65. The molecule has 1 fully saturated rings. The molecule has 1 heterocycles. The third-order valence-electron chi connectivity index (χ3n) is 2.31. The normalized spacial score (nSPS) is 18.4. The maximum Gasteiger partial charge on any atom is 0.184 e. The van der Waals surface area contributed by atoms with Crippen LogP contribution in [0.25, 0.3) is 0 Å². The van der Waals surface area contributed by atoms with Crippen LogP contribution in [0.15, 0.2) is 24.3 Å². The lowest BCUT2D eigenvalue weighted by Gasteiger charge is -2.24. The first-order valence-corrected chi connectivity index (χ1v) is 4.83. The Labute approximate surface area is 83.3 Å². The van der Waals surface area contributed by atoms with E-state index in [1.807, 2.05) is 24.3 Å². The van der Waals surface area contributed by atoms with Crippen LogP contribution >= 0.6 is 0 Å². The maximum absolute atomic E-state index is 9.14. The predicted molar refractivity (Wildman–Crippen MR) is 51.6 cm³/mol. The highest BCUT2D eigenvalue weighted by atomic mass is 16.7. The Morgan fingerprint density at radius 1 is 1.21 bits per heavy atom. The van der Waals surface area contributed by atoms with E-state index in [9.17, 15) is 0 Å². The van der Waals surface area contributed by atoms with Crippen molar-refractivity contribution in [3.8, 4) is 0 Å². The fourth-order valence-corrected chi connectivity index (χ4v) is 1.58.